The number of hydrogen-bond acceptors (Lipinski definition) is 7. The Hall–Kier alpha value is -3.82. The van der Waals surface area contributed by atoms with Crippen molar-refractivity contribution in [3.8, 4) is 11.5 Å². The highest BCUT2D eigenvalue weighted by Gasteiger charge is 2.25. The van der Waals surface area contributed by atoms with Crippen molar-refractivity contribution < 1.29 is 24.0 Å². The Morgan fingerprint density at radius 2 is 1.79 bits per heavy atom. The lowest BCUT2D eigenvalue weighted by Crippen LogP contribution is -2.49. The van der Waals surface area contributed by atoms with Crippen molar-refractivity contribution >= 4 is 23.2 Å². The van der Waals surface area contributed by atoms with Gasteiger partial charge in [0.05, 0.1) is 24.7 Å². The highest BCUT2D eigenvalue weighted by molar-refractivity contribution is 5.99. The average Bonchev–Trinajstić information content (AvgIpc) is 2.84. The van der Waals surface area contributed by atoms with Gasteiger partial charge in [0.25, 0.3) is 11.6 Å². The molecule has 0 saturated carbocycles. The number of ether oxygens (including phenoxy) is 2. The van der Waals surface area contributed by atoms with Crippen molar-refractivity contribution in [2.24, 2.45) is 0 Å². The van der Waals surface area contributed by atoms with Crippen LogP contribution in [0.4, 0.5) is 11.4 Å². The minimum atomic E-state index is -0.648. The summed E-state index contributed by atoms with van der Waals surface area (Å²) in [6, 6.07) is 12.5. The van der Waals surface area contributed by atoms with Crippen LogP contribution in [0.5, 0.6) is 11.5 Å². The molecule has 1 N–H and O–H groups in total. The van der Waals surface area contributed by atoms with Gasteiger partial charge in [-0.25, -0.2) is 0 Å². The van der Waals surface area contributed by atoms with Crippen LogP contribution in [0.25, 0.3) is 0 Å². The fourth-order valence-corrected chi connectivity index (χ4v) is 3.70. The number of benzene rings is 2. The summed E-state index contributed by atoms with van der Waals surface area (Å²) in [5.41, 5.74) is 0.591. The zero-order valence-corrected chi connectivity index (χ0v) is 18.8. The molecule has 2 amide bonds. The van der Waals surface area contributed by atoms with Gasteiger partial charge in [0.1, 0.15) is 5.56 Å². The zero-order chi connectivity index (χ0) is 23.8. The number of anilines is 1. The van der Waals surface area contributed by atoms with E-state index < -0.39 is 10.8 Å². The van der Waals surface area contributed by atoms with Crippen molar-refractivity contribution in [3.05, 3.63) is 58.1 Å². The minimum Gasteiger partial charge on any atom is -0.493 e. The number of piperazine rings is 1. The molecule has 2 aromatic carbocycles. The van der Waals surface area contributed by atoms with Gasteiger partial charge < -0.3 is 24.6 Å². The van der Waals surface area contributed by atoms with Gasteiger partial charge in [-0.05, 0) is 19.1 Å². The van der Waals surface area contributed by atoms with Crippen LogP contribution in [0.15, 0.2) is 42.5 Å². The molecule has 0 radical (unpaired) electrons. The van der Waals surface area contributed by atoms with Crippen molar-refractivity contribution in [3.63, 3.8) is 0 Å². The Bertz CT molecular complexity index is 990. The number of nitro benzene ring substituents is 1. The molecule has 1 aliphatic rings. The number of nitrogens with one attached hydrogen (secondary N) is 1. The number of methoxy groups -OCH3 is 1. The summed E-state index contributed by atoms with van der Waals surface area (Å²) in [5, 5.41) is 14.1. The van der Waals surface area contributed by atoms with Crippen LogP contribution in [-0.2, 0) is 4.79 Å². The molecule has 3 rings (SSSR count). The standard InChI is InChI=1S/C23H28N4O6/c1-3-33-21-16-19(27(30)31)18(15-20(21)32-2)23(29)24-10-9-22(28)26-13-11-25(12-14-26)17-7-5-4-6-8-17/h4-8,15-16H,3,9-14H2,1-2H3,(H,24,29). The average molecular weight is 456 g/mol. The molecule has 0 spiro atoms. The fourth-order valence-electron chi connectivity index (χ4n) is 3.70. The van der Waals surface area contributed by atoms with Gasteiger partial charge in [0.2, 0.25) is 5.91 Å². The van der Waals surface area contributed by atoms with Gasteiger partial charge in [-0.2, -0.15) is 0 Å². The van der Waals surface area contributed by atoms with E-state index >= 15 is 0 Å². The van der Waals surface area contributed by atoms with E-state index in [1.54, 1.807) is 11.8 Å². The quantitative estimate of drug-likeness (QED) is 0.455. The fraction of sp³-hybridized carbons (Fsp3) is 0.391. The van der Waals surface area contributed by atoms with Crippen molar-refractivity contribution in [1.82, 2.24) is 10.2 Å². The maximum absolute atomic E-state index is 12.6. The van der Waals surface area contributed by atoms with Crippen LogP contribution < -0.4 is 19.7 Å². The topological polar surface area (TPSA) is 114 Å². The molecule has 1 saturated heterocycles. The van der Waals surface area contributed by atoms with Crippen LogP contribution in [0, 0.1) is 10.1 Å². The molecule has 0 unspecified atom stereocenters. The molecule has 0 aromatic heterocycles. The van der Waals surface area contributed by atoms with Crippen molar-refractivity contribution in [1.29, 1.82) is 0 Å². The number of para-hydroxylation sites is 1. The van der Waals surface area contributed by atoms with Crippen molar-refractivity contribution in [2.45, 2.75) is 13.3 Å². The molecule has 0 atom stereocenters. The Morgan fingerprint density at radius 3 is 2.39 bits per heavy atom. The molecular weight excluding hydrogens is 428 g/mol. The molecule has 1 aliphatic heterocycles. The van der Waals surface area contributed by atoms with E-state index in [4.69, 9.17) is 9.47 Å². The summed E-state index contributed by atoms with van der Waals surface area (Å²) in [5.74, 6) is -0.306. The van der Waals surface area contributed by atoms with E-state index in [0.717, 1.165) is 18.8 Å². The second-order valence-electron chi connectivity index (χ2n) is 7.42. The maximum atomic E-state index is 12.6. The number of rotatable bonds is 9. The van der Waals surface area contributed by atoms with Gasteiger partial charge in [0.15, 0.2) is 11.5 Å². The number of nitrogens with zero attached hydrogens (tertiary/aromatic N) is 3. The molecule has 10 nitrogen and oxygen atoms in total. The molecule has 1 fully saturated rings. The summed E-state index contributed by atoms with van der Waals surface area (Å²) in [6.07, 6.45) is 0.110. The van der Waals surface area contributed by atoms with Crippen LogP contribution in [0.1, 0.15) is 23.7 Å². The summed E-state index contributed by atoms with van der Waals surface area (Å²) >= 11 is 0. The molecule has 176 valence electrons. The largest absolute Gasteiger partial charge is 0.493 e. The first-order chi connectivity index (χ1) is 15.9. The molecule has 0 aliphatic carbocycles. The monoisotopic (exact) mass is 456 g/mol. The van der Waals surface area contributed by atoms with Crippen LogP contribution in [0.3, 0.4) is 0 Å². The summed E-state index contributed by atoms with van der Waals surface area (Å²) in [4.78, 5) is 40.0. The predicted octanol–water partition coefficient (Wildman–Crippen LogP) is 2.47. The van der Waals surface area contributed by atoms with E-state index in [1.807, 2.05) is 30.3 Å². The van der Waals surface area contributed by atoms with Gasteiger partial charge in [-0.15, -0.1) is 0 Å². The smallest absolute Gasteiger partial charge is 0.286 e. The minimum absolute atomic E-state index is 0.0678. The lowest BCUT2D eigenvalue weighted by atomic mass is 10.1. The van der Waals surface area contributed by atoms with Gasteiger partial charge >= 0.3 is 0 Å². The van der Waals surface area contributed by atoms with Crippen LogP contribution in [0.2, 0.25) is 0 Å². The van der Waals surface area contributed by atoms with Gasteiger partial charge in [-0.3, -0.25) is 19.7 Å². The molecule has 0 bridgehead atoms. The second kappa shape index (κ2) is 11.2. The predicted molar refractivity (Wildman–Crippen MR) is 123 cm³/mol. The number of carbonyl (C=O) groups is 2. The maximum Gasteiger partial charge on any atom is 0.286 e. The third-order valence-corrected chi connectivity index (χ3v) is 5.40. The first-order valence-corrected chi connectivity index (χ1v) is 10.8. The summed E-state index contributed by atoms with van der Waals surface area (Å²) in [6.45, 7) is 4.78. The Labute approximate surface area is 192 Å². The van der Waals surface area contributed by atoms with E-state index in [-0.39, 0.29) is 41.6 Å². The highest BCUT2D eigenvalue weighted by atomic mass is 16.6. The highest BCUT2D eigenvalue weighted by Crippen LogP contribution is 2.34. The molecule has 10 heteroatoms. The van der Waals surface area contributed by atoms with Gasteiger partial charge in [0, 0.05) is 50.9 Å². The molecular formula is C23H28N4O6. The summed E-state index contributed by atoms with van der Waals surface area (Å²) in [7, 11) is 1.39. The number of carbonyl (C=O) groups excluding carboxylic acids is 2. The Balaban J connectivity index is 1.55. The normalized spacial score (nSPS) is 13.4. The van der Waals surface area contributed by atoms with E-state index in [0.29, 0.717) is 19.7 Å². The van der Waals surface area contributed by atoms with Crippen LogP contribution >= 0.6 is 0 Å². The second-order valence-corrected chi connectivity index (χ2v) is 7.42. The zero-order valence-electron chi connectivity index (χ0n) is 18.8. The lowest BCUT2D eigenvalue weighted by molar-refractivity contribution is -0.385. The Kier molecular flexibility index (Phi) is 8.06. The third kappa shape index (κ3) is 5.91. The first-order valence-electron chi connectivity index (χ1n) is 10.8. The Morgan fingerprint density at radius 1 is 1.09 bits per heavy atom. The SMILES string of the molecule is CCOc1cc([N+](=O)[O-])c(C(=O)NCCC(=O)N2CCN(c3ccccc3)CC2)cc1OC. The van der Waals surface area contributed by atoms with Crippen molar-refractivity contribution in [2.75, 3.05) is 51.3 Å². The number of hydrogen-bond donors (Lipinski definition) is 1. The van der Waals surface area contributed by atoms with E-state index in [9.17, 15) is 19.7 Å². The van der Waals surface area contributed by atoms with E-state index in [2.05, 4.69) is 10.2 Å². The van der Waals surface area contributed by atoms with E-state index in [1.165, 1.54) is 19.2 Å². The lowest BCUT2D eigenvalue weighted by Gasteiger charge is -2.36. The number of nitro groups is 1. The third-order valence-electron chi connectivity index (χ3n) is 5.40. The van der Waals surface area contributed by atoms with Gasteiger partial charge in [-0.1, -0.05) is 18.2 Å². The number of amides is 2. The first kappa shape index (κ1) is 23.8. The van der Waals surface area contributed by atoms with Crippen LogP contribution in [-0.4, -0.2) is 68.1 Å². The summed E-state index contributed by atoms with van der Waals surface area (Å²) < 4.78 is 10.5. The molecule has 1 heterocycles. The molecule has 33 heavy (non-hydrogen) atoms. The molecule has 2 aromatic rings.